The van der Waals surface area contributed by atoms with Gasteiger partial charge in [0.1, 0.15) is 0 Å². The number of hydrogen-bond donors (Lipinski definition) is 0. The third-order valence-electron chi connectivity index (χ3n) is 4.33. The van der Waals surface area contributed by atoms with E-state index in [1.165, 1.54) is 0 Å². The van der Waals surface area contributed by atoms with Crippen molar-refractivity contribution in [3.8, 4) is 0 Å². The Bertz CT molecular complexity index is 590. The number of carbonyl (C=O) groups excluding carboxylic acids is 4. The van der Waals surface area contributed by atoms with Crippen LogP contribution in [0.1, 0.15) is 107 Å². The zero-order valence-electron chi connectivity index (χ0n) is 21.8. The number of ether oxygens (including phenoxy) is 2. The van der Waals surface area contributed by atoms with Gasteiger partial charge in [0.25, 0.3) is 0 Å². The second-order valence-electron chi connectivity index (χ2n) is 10.2. The van der Waals surface area contributed by atoms with Crippen LogP contribution in [-0.4, -0.2) is 54.3 Å². The normalized spacial score (nSPS) is 12.1. The van der Waals surface area contributed by atoms with Crippen molar-refractivity contribution < 1.29 is 34.8 Å². The van der Waals surface area contributed by atoms with Gasteiger partial charge in [-0.1, -0.05) is 0 Å². The number of rotatable bonds is 14. The first-order chi connectivity index (χ1) is 15.1. The van der Waals surface area contributed by atoms with Crippen molar-refractivity contribution >= 4 is 43.1 Å². The Morgan fingerprint density at radius 2 is 0.879 bits per heavy atom. The Balaban J connectivity index is 5.19. The molecule has 0 aliphatic heterocycles. The number of unbranched alkanes of at least 4 members (excludes halogenated alkanes) is 2. The van der Waals surface area contributed by atoms with E-state index in [4.69, 9.17) is 15.6 Å². The first-order valence-corrected chi connectivity index (χ1v) is 18.4. The predicted octanol–water partition coefficient (Wildman–Crippen LogP) is 5.36. The van der Waals surface area contributed by atoms with E-state index in [2.05, 4.69) is 0 Å². The molecule has 0 aromatic heterocycles. The zero-order chi connectivity index (χ0) is 25.7. The molecule has 0 aromatic carbocycles. The summed E-state index contributed by atoms with van der Waals surface area (Å²) in [6.07, 6.45) is 2.86. The molecule has 0 unspecified atom stereocenters. The van der Waals surface area contributed by atoms with Crippen LogP contribution in [0.2, 0.25) is 8.87 Å². The summed E-state index contributed by atoms with van der Waals surface area (Å²) in [6, 6.07) is 0. The Labute approximate surface area is 204 Å². The molecule has 0 atom stereocenters. The summed E-state index contributed by atoms with van der Waals surface area (Å²) < 4.78 is 23.4. The second-order valence-corrected chi connectivity index (χ2v) is 19.5. The van der Waals surface area contributed by atoms with Crippen molar-refractivity contribution in [1.29, 1.82) is 0 Å². The third-order valence-corrected chi connectivity index (χ3v) is 14.1. The molecule has 0 bridgehead atoms. The molecule has 0 N–H and O–H groups in total. The second kappa shape index (κ2) is 14.8. The van der Waals surface area contributed by atoms with Gasteiger partial charge in [-0.2, -0.15) is 0 Å². The van der Waals surface area contributed by atoms with E-state index < -0.39 is 54.3 Å². The van der Waals surface area contributed by atoms with Gasteiger partial charge in [0, 0.05) is 0 Å². The minimum atomic E-state index is -4.12. The summed E-state index contributed by atoms with van der Waals surface area (Å²) in [5.41, 5.74) is -1.26. The van der Waals surface area contributed by atoms with Crippen LogP contribution in [0, 0.1) is 0 Å². The summed E-state index contributed by atoms with van der Waals surface area (Å²) in [6.45, 7) is 14.6. The molecule has 8 nitrogen and oxygen atoms in total. The van der Waals surface area contributed by atoms with Crippen molar-refractivity contribution in [3.05, 3.63) is 0 Å². The van der Waals surface area contributed by atoms with Crippen molar-refractivity contribution in [2.75, 3.05) is 0 Å². The van der Waals surface area contributed by atoms with E-state index in [1.807, 2.05) is 13.8 Å². The molecule has 0 amide bonds. The van der Waals surface area contributed by atoms with Gasteiger partial charge in [-0.25, -0.2) is 0 Å². The average Bonchev–Trinajstić information content (AvgIpc) is 2.65. The van der Waals surface area contributed by atoms with Crippen molar-refractivity contribution in [2.24, 2.45) is 0 Å². The predicted molar refractivity (Wildman–Crippen MR) is 128 cm³/mol. The molecule has 0 aliphatic carbocycles. The van der Waals surface area contributed by atoms with Gasteiger partial charge < -0.3 is 0 Å². The van der Waals surface area contributed by atoms with Crippen LogP contribution >= 0.6 is 0 Å². The molecule has 0 fully saturated rings. The van der Waals surface area contributed by atoms with Gasteiger partial charge in [-0.05, 0) is 0 Å². The minimum absolute atomic E-state index is 0.0911. The van der Waals surface area contributed by atoms with E-state index in [1.54, 1.807) is 41.5 Å². The summed E-state index contributed by atoms with van der Waals surface area (Å²) in [5.74, 6) is -2.03. The number of hydrogen-bond acceptors (Lipinski definition) is 8. The Kier molecular flexibility index (Phi) is 14.2. The fourth-order valence-corrected chi connectivity index (χ4v) is 13.0. The number of carbonyl (C=O) groups is 4. The summed E-state index contributed by atoms with van der Waals surface area (Å²) in [5, 5.41) is 0. The first kappa shape index (κ1) is 31.7. The van der Waals surface area contributed by atoms with Gasteiger partial charge in [-0.15, -0.1) is 0 Å². The van der Waals surface area contributed by atoms with Crippen molar-refractivity contribution in [3.63, 3.8) is 0 Å². The molecule has 0 aliphatic rings. The molecule has 33 heavy (non-hydrogen) atoms. The average molecular weight is 579 g/mol. The van der Waals surface area contributed by atoms with Gasteiger partial charge in [-0.3, -0.25) is 0 Å². The first-order valence-electron chi connectivity index (χ1n) is 12.0. The summed E-state index contributed by atoms with van der Waals surface area (Å²) in [4.78, 5) is 49.1. The summed E-state index contributed by atoms with van der Waals surface area (Å²) >= 11 is -4.12. The molecule has 0 heterocycles. The molecular weight excluding hydrogens is 535 g/mol. The van der Waals surface area contributed by atoms with E-state index in [-0.39, 0.29) is 25.7 Å². The van der Waals surface area contributed by atoms with Crippen LogP contribution in [0.4, 0.5) is 0 Å². The molecule has 0 radical (unpaired) electrons. The van der Waals surface area contributed by atoms with Crippen molar-refractivity contribution in [2.45, 2.75) is 127 Å². The topological polar surface area (TPSA) is 105 Å². The third kappa shape index (κ3) is 16.9. The van der Waals surface area contributed by atoms with Gasteiger partial charge in [0.15, 0.2) is 0 Å². The number of esters is 2. The van der Waals surface area contributed by atoms with E-state index >= 15 is 0 Å². The van der Waals surface area contributed by atoms with Crippen molar-refractivity contribution in [1.82, 2.24) is 0 Å². The fraction of sp³-hybridized carbons (Fsp3) is 0.833. The Morgan fingerprint density at radius 3 is 1.15 bits per heavy atom. The van der Waals surface area contributed by atoms with Crippen LogP contribution in [0.3, 0.4) is 0 Å². The van der Waals surface area contributed by atoms with Crippen LogP contribution in [0.25, 0.3) is 0 Å². The van der Waals surface area contributed by atoms with E-state index in [0.717, 1.165) is 25.7 Å². The molecule has 0 saturated heterocycles. The maximum absolute atomic E-state index is 12.6. The molecule has 0 saturated carbocycles. The quantitative estimate of drug-likeness (QED) is 0.200. The fourth-order valence-electron chi connectivity index (χ4n) is 2.95. The SMILES string of the molecule is CCC[CH2][Sn]([CH2]CCC)([O]C(=O)CCC(=O)OC(C)(C)C)[O]C(=O)CCC(=O)OC(C)(C)C. The summed E-state index contributed by atoms with van der Waals surface area (Å²) in [7, 11) is 0. The Hall–Kier alpha value is -1.32. The van der Waals surface area contributed by atoms with Crippen LogP contribution in [-0.2, 0) is 34.8 Å². The Morgan fingerprint density at radius 1 is 0.576 bits per heavy atom. The molecule has 9 heteroatoms. The molecule has 0 aromatic rings. The van der Waals surface area contributed by atoms with Gasteiger partial charge in [0.2, 0.25) is 0 Å². The van der Waals surface area contributed by atoms with Crippen LogP contribution in [0.15, 0.2) is 0 Å². The van der Waals surface area contributed by atoms with Gasteiger partial charge >= 0.3 is 205 Å². The molecule has 192 valence electrons. The monoisotopic (exact) mass is 580 g/mol. The van der Waals surface area contributed by atoms with Crippen LogP contribution < -0.4 is 0 Å². The molecule has 0 rings (SSSR count). The van der Waals surface area contributed by atoms with Gasteiger partial charge in [0.05, 0.1) is 0 Å². The van der Waals surface area contributed by atoms with E-state index in [0.29, 0.717) is 8.87 Å². The standard InChI is InChI=1S/2C8H14O4.2C4H9.Sn/c2*1-8(2,3)12-7(11)5-4-6(9)10;2*1-3-4-2;/h2*4-5H2,1-3H3,(H,9,10);2*1,3-4H2,2H3;/q;;;;+2/p-2. The molecule has 0 spiro atoms. The van der Waals surface area contributed by atoms with E-state index in [9.17, 15) is 19.2 Å². The van der Waals surface area contributed by atoms with Crippen LogP contribution in [0.5, 0.6) is 0 Å². The molecular formula is C24H44O8Sn. The zero-order valence-corrected chi connectivity index (χ0v) is 24.7. The maximum atomic E-state index is 12.6.